The normalized spacial score (nSPS) is 11.7. The van der Waals surface area contributed by atoms with E-state index in [1.54, 1.807) is 0 Å². The number of hydrogen-bond donors (Lipinski definition) is 0. The number of hydrogen-bond acceptors (Lipinski definition) is 5. The average molecular weight is 475 g/mol. The topological polar surface area (TPSA) is 61.3 Å². The number of ether oxygens (including phenoxy) is 2. The molecule has 1 aromatic heterocycles. The number of carbonyl (C=O) groups excluding carboxylic acids is 1. The molecule has 186 valence electrons. The van der Waals surface area contributed by atoms with Crippen molar-refractivity contribution in [3.05, 3.63) is 60.9 Å². The zero-order valence-corrected chi connectivity index (χ0v) is 21.3. The van der Waals surface area contributed by atoms with Gasteiger partial charge < -0.3 is 9.47 Å². The largest absolute Gasteiger partial charge is 0.494 e. The molecular formula is C30H38N2O3. The number of carbonyl (C=O) groups is 1. The summed E-state index contributed by atoms with van der Waals surface area (Å²) in [6.45, 7) is 7.30. The van der Waals surface area contributed by atoms with Gasteiger partial charge in [0.05, 0.1) is 6.61 Å². The van der Waals surface area contributed by atoms with Crippen molar-refractivity contribution in [3.63, 3.8) is 0 Å². The monoisotopic (exact) mass is 474 g/mol. The maximum Gasteiger partial charge on any atom is 0.311 e. The standard InChI is InChI=1S/C30H38N2O3/c1-4-6-7-8-20-34-27-15-13-25(14-16-27)30-31-21-26(22-32-30)24-11-17-28(18-12-24)35-29(33)19-10-23(3)9-5-2/h11-18,21-23H,4-10,19-20H2,1-3H3. The molecule has 0 saturated carbocycles. The first-order valence-corrected chi connectivity index (χ1v) is 13.0. The molecule has 0 aliphatic heterocycles. The lowest BCUT2D eigenvalue weighted by atomic mass is 10.0. The first-order valence-electron chi connectivity index (χ1n) is 13.0. The zero-order valence-electron chi connectivity index (χ0n) is 21.3. The van der Waals surface area contributed by atoms with Crippen LogP contribution < -0.4 is 9.47 Å². The van der Waals surface area contributed by atoms with Gasteiger partial charge in [-0.25, -0.2) is 9.97 Å². The Bertz CT molecular complexity index is 1010. The Balaban J connectivity index is 1.51. The molecule has 0 amide bonds. The van der Waals surface area contributed by atoms with Crippen molar-refractivity contribution in [1.82, 2.24) is 9.97 Å². The molecule has 1 heterocycles. The van der Waals surface area contributed by atoms with E-state index in [1.807, 2.05) is 60.9 Å². The van der Waals surface area contributed by atoms with E-state index < -0.39 is 0 Å². The smallest absolute Gasteiger partial charge is 0.311 e. The maximum absolute atomic E-state index is 12.1. The molecule has 0 saturated heterocycles. The van der Waals surface area contributed by atoms with Crippen LogP contribution in [0.4, 0.5) is 0 Å². The molecule has 0 fully saturated rings. The highest BCUT2D eigenvalue weighted by Gasteiger charge is 2.09. The highest BCUT2D eigenvalue weighted by atomic mass is 16.5. The fourth-order valence-corrected chi connectivity index (χ4v) is 3.94. The molecule has 1 atom stereocenters. The van der Waals surface area contributed by atoms with Crippen LogP contribution in [0.5, 0.6) is 11.5 Å². The van der Waals surface area contributed by atoms with E-state index in [0.29, 0.717) is 23.9 Å². The summed E-state index contributed by atoms with van der Waals surface area (Å²) in [7, 11) is 0. The third-order valence-electron chi connectivity index (χ3n) is 6.07. The van der Waals surface area contributed by atoms with E-state index in [2.05, 4.69) is 30.7 Å². The quantitative estimate of drug-likeness (QED) is 0.135. The Labute approximate surface area is 209 Å². The lowest BCUT2D eigenvalue weighted by Crippen LogP contribution is -2.09. The summed E-state index contributed by atoms with van der Waals surface area (Å²) in [5.41, 5.74) is 2.83. The van der Waals surface area contributed by atoms with Crippen LogP contribution in [0.3, 0.4) is 0 Å². The van der Waals surface area contributed by atoms with E-state index in [-0.39, 0.29) is 5.97 Å². The molecule has 5 nitrogen and oxygen atoms in total. The fourth-order valence-electron chi connectivity index (χ4n) is 3.94. The second-order valence-corrected chi connectivity index (χ2v) is 9.16. The van der Waals surface area contributed by atoms with Gasteiger partial charge in [0.15, 0.2) is 5.82 Å². The van der Waals surface area contributed by atoms with E-state index in [1.165, 1.54) is 19.3 Å². The SMILES string of the molecule is CCCCCCOc1ccc(-c2ncc(-c3ccc(OC(=O)CCC(C)CCC)cc3)cn2)cc1. The predicted molar refractivity (Wildman–Crippen MR) is 141 cm³/mol. The molecule has 0 aliphatic rings. The zero-order chi connectivity index (χ0) is 24.9. The number of nitrogens with zero attached hydrogens (tertiary/aromatic N) is 2. The van der Waals surface area contributed by atoms with Crippen LogP contribution in [0.15, 0.2) is 60.9 Å². The van der Waals surface area contributed by atoms with Crippen LogP contribution in [-0.2, 0) is 4.79 Å². The van der Waals surface area contributed by atoms with E-state index in [0.717, 1.165) is 54.7 Å². The number of rotatable bonds is 14. The van der Waals surface area contributed by atoms with Crippen LogP contribution in [0.1, 0.15) is 72.1 Å². The highest BCUT2D eigenvalue weighted by molar-refractivity contribution is 5.73. The van der Waals surface area contributed by atoms with Crippen LogP contribution >= 0.6 is 0 Å². The molecule has 0 bridgehead atoms. The molecule has 5 heteroatoms. The van der Waals surface area contributed by atoms with Gasteiger partial charge in [0.25, 0.3) is 0 Å². The molecule has 1 unspecified atom stereocenters. The number of aromatic nitrogens is 2. The second-order valence-electron chi connectivity index (χ2n) is 9.16. The van der Waals surface area contributed by atoms with Crippen molar-refractivity contribution in [1.29, 1.82) is 0 Å². The Morgan fingerprint density at radius 2 is 1.43 bits per heavy atom. The Morgan fingerprint density at radius 1 is 0.771 bits per heavy atom. The Hall–Kier alpha value is -3.21. The molecule has 3 rings (SSSR count). The summed E-state index contributed by atoms with van der Waals surface area (Å²) in [4.78, 5) is 21.2. The maximum atomic E-state index is 12.1. The summed E-state index contributed by atoms with van der Waals surface area (Å²) >= 11 is 0. The van der Waals surface area contributed by atoms with Gasteiger partial charge in [-0.05, 0) is 60.7 Å². The molecule has 3 aromatic rings. The van der Waals surface area contributed by atoms with Crippen molar-refractivity contribution in [2.45, 2.75) is 72.1 Å². The van der Waals surface area contributed by atoms with Crippen molar-refractivity contribution >= 4 is 5.97 Å². The van der Waals surface area contributed by atoms with Gasteiger partial charge in [-0.1, -0.05) is 65.0 Å². The van der Waals surface area contributed by atoms with E-state index >= 15 is 0 Å². The summed E-state index contributed by atoms with van der Waals surface area (Å²) in [6, 6.07) is 15.4. The van der Waals surface area contributed by atoms with Gasteiger partial charge in [0, 0.05) is 29.9 Å². The lowest BCUT2D eigenvalue weighted by molar-refractivity contribution is -0.134. The molecule has 2 aromatic carbocycles. The molecule has 35 heavy (non-hydrogen) atoms. The van der Waals surface area contributed by atoms with Gasteiger partial charge in [-0.15, -0.1) is 0 Å². The molecule has 0 spiro atoms. The van der Waals surface area contributed by atoms with Crippen molar-refractivity contribution in [2.24, 2.45) is 5.92 Å². The van der Waals surface area contributed by atoms with Crippen molar-refractivity contribution in [2.75, 3.05) is 6.61 Å². The Morgan fingerprint density at radius 3 is 2.09 bits per heavy atom. The first-order chi connectivity index (χ1) is 17.1. The minimum absolute atomic E-state index is 0.179. The molecule has 0 N–H and O–H groups in total. The minimum Gasteiger partial charge on any atom is -0.494 e. The van der Waals surface area contributed by atoms with E-state index in [9.17, 15) is 4.79 Å². The predicted octanol–water partition coefficient (Wildman–Crippen LogP) is 7.89. The van der Waals surface area contributed by atoms with Gasteiger partial charge in [0.1, 0.15) is 11.5 Å². The van der Waals surface area contributed by atoms with Gasteiger partial charge >= 0.3 is 5.97 Å². The lowest BCUT2D eigenvalue weighted by Gasteiger charge is -2.10. The number of benzene rings is 2. The number of esters is 1. The molecule has 0 radical (unpaired) electrons. The fraction of sp³-hybridized carbons (Fsp3) is 0.433. The van der Waals surface area contributed by atoms with Gasteiger partial charge in [-0.3, -0.25) is 4.79 Å². The minimum atomic E-state index is -0.179. The summed E-state index contributed by atoms with van der Waals surface area (Å²) in [6.07, 6.45) is 12.0. The third-order valence-corrected chi connectivity index (χ3v) is 6.07. The average Bonchev–Trinajstić information content (AvgIpc) is 2.89. The Kier molecular flexibility index (Phi) is 10.7. The van der Waals surface area contributed by atoms with Crippen LogP contribution in [-0.4, -0.2) is 22.5 Å². The highest BCUT2D eigenvalue weighted by Crippen LogP contribution is 2.24. The van der Waals surface area contributed by atoms with Crippen LogP contribution in [0.25, 0.3) is 22.5 Å². The number of unbranched alkanes of at least 4 members (excludes halogenated alkanes) is 3. The van der Waals surface area contributed by atoms with Gasteiger partial charge in [-0.2, -0.15) is 0 Å². The van der Waals surface area contributed by atoms with Crippen LogP contribution in [0.2, 0.25) is 0 Å². The first kappa shape index (κ1) is 26.4. The molecular weight excluding hydrogens is 436 g/mol. The molecule has 0 aliphatic carbocycles. The second kappa shape index (κ2) is 14.2. The van der Waals surface area contributed by atoms with Gasteiger partial charge in [0.2, 0.25) is 0 Å². The van der Waals surface area contributed by atoms with Crippen LogP contribution in [0, 0.1) is 5.92 Å². The van der Waals surface area contributed by atoms with E-state index in [4.69, 9.17) is 9.47 Å². The third kappa shape index (κ3) is 8.82. The summed E-state index contributed by atoms with van der Waals surface area (Å²) in [5, 5.41) is 0. The summed E-state index contributed by atoms with van der Waals surface area (Å²) in [5.74, 6) is 2.47. The van der Waals surface area contributed by atoms with Crippen molar-refractivity contribution in [3.8, 4) is 34.0 Å². The van der Waals surface area contributed by atoms with Crippen molar-refractivity contribution < 1.29 is 14.3 Å². The summed E-state index contributed by atoms with van der Waals surface area (Å²) < 4.78 is 11.3.